The fourth-order valence-electron chi connectivity index (χ4n) is 3.80. The van der Waals surface area contributed by atoms with Crippen molar-refractivity contribution in [2.45, 2.75) is 57.0 Å². The fourth-order valence-corrected chi connectivity index (χ4v) is 5.66. The van der Waals surface area contributed by atoms with Gasteiger partial charge in [0.2, 0.25) is 11.8 Å². The predicted molar refractivity (Wildman–Crippen MR) is 134 cm³/mol. The van der Waals surface area contributed by atoms with Gasteiger partial charge in [0.05, 0.1) is 5.75 Å². The van der Waals surface area contributed by atoms with Crippen LogP contribution in [-0.2, 0) is 21.9 Å². The Morgan fingerprint density at radius 1 is 1.09 bits per heavy atom. The molecule has 0 bridgehead atoms. The van der Waals surface area contributed by atoms with Gasteiger partial charge >= 0.3 is 0 Å². The highest BCUT2D eigenvalue weighted by Gasteiger charge is 2.28. The minimum atomic E-state index is -0.591. The maximum Gasteiger partial charge on any atom is 0.242 e. The normalized spacial score (nSPS) is 14.9. The van der Waals surface area contributed by atoms with Crippen LogP contribution >= 0.6 is 46.6 Å². The number of thioether (sulfide) groups is 1. The van der Waals surface area contributed by atoms with Crippen molar-refractivity contribution in [1.29, 1.82) is 0 Å². The number of hydrogen-bond acceptors (Lipinski definition) is 3. The van der Waals surface area contributed by atoms with Crippen molar-refractivity contribution < 1.29 is 9.59 Å². The zero-order chi connectivity index (χ0) is 23.1. The van der Waals surface area contributed by atoms with E-state index in [0.717, 1.165) is 36.8 Å². The number of hydrogen-bond donors (Lipinski definition) is 1. The van der Waals surface area contributed by atoms with Gasteiger partial charge in [0, 0.05) is 33.4 Å². The Kier molecular flexibility index (Phi) is 9.60. The van der Waals surface area contributed by atoms with Gasteiger partial charge in [-0.15, -0.1) is 11.8 Å². The molecule has 0 aromatic heterocycles. The third kappa shape index (κ3) is 7.05. The summed E-state index contributed by atoms with van der Waals surface area (Å²) in [7, 11) is 0. The zero-order valence-electron chi connectivity index (χ0n) is 18.0. The quantitative estimate of drug-likeness (QED) is 0.425. The minimum Gasteiger partial charge on any atom is -0.352 e. The molecule has 2 amide bonds. The Labute approximate surface area is 209 Å². The van der Waals surface area contributed by atoms with Crippen LogP contribution in [0.5, 0.6) is 0 Å². The lowest BCUT2D eigenvalue weighted by molar-refractivity contribution is -0.138. The second kappa shape index (κ2) is 12.2. The van der Waals surface area contributed by atoms with Crippen LogP contribution in [0.2, 0.25) is 15.1 Å². The van der Waals surface area contributed by atoms with E-state index in [1.807, 2.05) is 18.2 Å². The average molecular weight is 514 g/mol. The maximum atomic E-state index is 13.2. The highest BCUT2D eigenvalue weighted by Crippen LogP contribution is 2.28. The van der Waals surface area contributed by atoms with E-state index in [1.54, 1.807) is 36.1 Å². The summed E-state index contributed by atoms with van der Waals surface area (Å²) in [6.45, 7) is 2.09. The lowest BCUT2D eigenvalue weighted by atomic mass is 10.1. The molecule has 0 radical (unpaired) electrons. The van der Waals surface area contributed by atoms with Crippen LogP contribution in [0.25, 0.3) is 0 Å². The minimum absolute atomic E-state index is 0.118. The molecule has 1 N–H and O–H groups in total. The maximum absolute atomic E-state index is 13.2. The van der Waals surface area contributed by atoms with Gasteiger partial charge in [-0.1, -0.05) is 65.8 Å². The topological polar surface area (TPSA) is 49.4 Å². The van der Waals surface area contributed by atoms with Gasteiger partial charge in [-0.05, 0) is 55.2 Å². The molecule has 3 rings (SSSR count). The Hall–Kier alpha value is -1.40. The molecule has 172 valence electrons. The largest absolute Gasteiger partial charge is 0.352 e. The number of carbonyl (C=O) groups excluding carboxylic acids is 2. The second-order valence-electron chi connectivity index (χ2n) is 8.01. The van der Waals surface area contributed by atoms with Crippen LogP contribution in [0, 0.1) is 0 Å². The SMILES string of the molecule is C[C@H](C(=O)NC1CCCC1)N(Cc1cccc(Cl)c1)C(=O)CSCc1c(Cl)cccc1Cl. The summed E-state index contributed by atoms with van der Waals surface area (Å²) in [5.74, 6) is 0.486. The van der Waals surface area contributed by atoms with E-state index < -0.39 is 6.04 Å². The number of nitrogens with one attached hydrogen (secondary N) is 1. The standard InChI is InChI=1S/C24H27Cl3N2O2S/c1-16(24(31)28-19-8-2-3-9-19)29(13-17-6-4-7-18(25)12-17)23(30)15-32-14-20-21(26)10-5-11-22(20)27/h4-7,10-12,16,19H,2-3,8-9,13-15H2,1H3,(H,28,31)/t16-/m1/s1. The third-order valence-corrected chi connectivity index (χ3v) is 7.53. The number of carbonyl (C=O) groups is 2. The monoisotopic (exact) mass is 512 g/mol. The van der Waals surface area contributed by atoms with Crippen LogP contribution in [0.1, 0.15) is 43.7 Å². The first-order valence-electron chi connectivity index (χ1n) is 10.7. The van der Waals surface area contributed by atoms with Gasteiger partial charge in [0.25, 0.3) is 0 Å². The van der Waals surface area contributed by atoms with Crippen molar-refractivity contribution in [3.8, 4) is 0 Å². The highest BCUT2D eigenvalue weighted by molar-refractivity contribution is 7.99. The van der Waals surface area contributed by atoms with Crippen LogP contribution < -0.4 is 5.32 Å². The summed E-state index contributed by atoms with van der Waals surface area (Å²) in [6.07, 6.45) is 4.25. The van der Waals surface area contributed by atoms with Crippen molar-refractivity contribution in [3.05, 3.63) is 68.7 Å². The molecule has 1 fully saturated rings. The van der Waals surface area contributed by atoms with Crippen molar-refractivity contribution >= 4 is 58.4 Å². The zero-order valence-corrected chi connectivity index (χ0v) is 21.0. The van der Waals surface area contributed by atoms with E-state index in [9.17, 15) is 9.59 Å². The molecule has 1 aliphatic carbocycles. The van der Waals surface area contributed by atoms with Gasteiger partial charge in [0.1, 0.15) is 6.04 Å². The Morgan fingerprint density at radius 2 is 1.75 bits per heavy atom. The van der Waals surface area contributed by atoms with Crippen molar-refractivity contribution in [3.63, 3.8) is 0 Å². The number of amides is 2. The molecule has 8 heteroatoms. The van der Waals surface area contributed by atoms with Gasteiger partial charge in [-0.2, -0.15) is 0 Å². The molecular weight excluding hydrogens is 487 g/mol. The molecule has 0 heterocycles. The molecule has 0 saturated heterocycles. The van der Waals surface area contributed by atoms with Crippen molar-refractivity contribution in [2.75, 3.05) is 5.75 Å². The van der Waals surface area contributed by atoms with E-state index in [4.69, 9.17) is 34.8 Å². The average Bonchev–Trinajstić information content (AvgIpc) is 3.26. The van der Waals surface area contributed by atoms with Crippen LogP contribution in [0.15, 0.2) is 42.5 Å². The van der Waals surface area contributed by atoms with Gasteiger partial charge in [0.15, 0.2) is 0 Å². The highest BCUT2D eigenvalue weighted by atomic mass is 35.5. The summed E-state index contributed by atoms with van der Waals surface area (Å²) in [6, 6.07) is 12.3. The Balaban J connectivity index is 1.68. The fraction of sp³-hybridized carbons (Fsp3) is 0.417. The summed E-state index contributed by atoms with van der Waals surface area (Å²) >= 11 is 20.0. The second-order valence-corrected chi connectivity index (χ2v) is 10.2. The van der Waals surface area contributed by atoms with E-state index in [0.29, 0.717) is 27.4 Å². The molecule has 2 aromatic rings. The number of benzene rings is 2. The first kappa shape index (κ1) is 25.2. The van der Waals surface area contributed by atoms with E-state index in [-0.39, 0.29) is 23.6 Å². The lowest BCUT2D eigenvalue weighted by Crippen LogP contribution is -2.50. The van der Waals surface area contributed by atoms with Crippen LogP contribution in [0.3, 0.4) is 0 Å². The molecule has 2 aromatic carbocycles. The molecule has 1 atom stereocenters. The number of rotatable bonds is 9. The molecule has 32 heavy (non-hydrogen) atoms. The van der Waals surface area contributed by atoms with Gasteiger partial charge < -0.3 is 10.2 Å². The summed E-state index contributed by atoms with van der Waals surface area (Å²) in [5, 5.41) is 4.87. The number of nitrogens with zero attached hydrogens (tertiary/aromatic N) is 1. The molecule has 1 saturated carbocycles. The smallest absolute Gasteiger partial charge is 0.242 e. The first-order chi connectivity index (χ1) is 15.3. The van der Waals surface area contributed by atoms with E-state index in [1.165, 1.54) is 11.8 Å². The summed E-state index contributed by atoms with van der Waals surface area (Å²) in [4.78, 5) is 27.7. The molecular formula is C24H27Cl3N2O2S. The van der Waals surface area contributed by atoms with Crippen LogP contribution in [0.4, 0.5) is 0 Å². The molecule has 4 nitrogen and oxygen atoms in total. The molecule has 0 aliphatic heterocycles. The Bertz CT molecular complexity index is 930. The molecule has 1 aliphatic rings. The number of halogens is 3. The molecule has 0 spiro atoms. The van der Waals surface area contributed by atoms with E-state index >= 15 is 0 Å². The van der Waals surface area contributed by atoms with Crippen LogP contribution in [-0.4, -0.2) is 34.6 Å². The first-order valence-corrected chi connectivity index (χ1v) is 13.0. The van der Waals surface area contributed by atoms with Gasteiger partial charge in [-0.3, -0.25) is 9.59 Å². The van der Waals surface area contributed by atoms with Crippen molar-refractivity contribution in [1.82, 2.24) is 10.2 Å². The summed E-state index contributed by atoms with van der Waals surface area (Å²) in [5.41, 5.74) is 1.69. The van der Waals surface area contributed by atoms with Gasteiger partial charge in [-0.25, -0.2) is 0 Å². The Morgan fingerprint density at radius 3 is 2.41 bits per heavy atom. The van der Waals surface area contributed by atoms with Crippen molar-refractivity contribution in [2.24, 2.45) is 0 Å². The lowest BCUT2D eigenvalue weighted by Gasteiger charge is -2.29. The van der Waals surface area contributed by atoms with E-state index in [2.05, 4.69) is 5.32 Å². The molecule has 0 unspecified atom stereocenters. The summed E-state index contributed by atoms with van der Waals surface area (Å²) < 4.78 is 0. The predicted octanol–water partition coefficient (Wildman–Crippen LogP) is 6.36. The third-order valence-electron chi connectivity index (χ3n) is 5.64.